The largest absolute Gasteiger partial charge is 0.456 e. The van der Waals surface area contributed by atoms with Crippen LogP contribution in [0.15, 0.2) is 186 Å². The standard InChI is InChI=1S/C51H30N4O/c1-4-13-31(14-5-1)49-52-50(32-15-6-2-7-16-32)54-51(53-49)34-24-28-45-41(30-34)40-29-33(23-27-44(40)56-45)36-25-26-43-48-46(36)38-20-11-10-19-37(38)39-21-12-22-42(47(39)48)55(43)35-17-8-3-9-18-35/h1-30H/i3D,8D,9D,10D,11D,12D,17D,18D,19D,20D,21D,22D,25D,26D. The Morgan fingerprint density at radius 1 is 0.411 bits per heavy atom. The fourth-order valence-electron chi connectivity index (χ4n) is 7.75. The molecule has 0 saturated carbocycles. The topological polar surface area (TPSA) is 56.7 Å². The van der Waals surface area contributed by atoms with Crippen LogP contribution in [-0.4, -0.2) is 19.5 Å². The lowest BCUT2D eigenvalue weighted by atomic mass is 9.89. The van der Waals surface area contributed by atoms with Gasteiger partial charge in [-0.2, -0.15) is 0 Å². The molecule has 12 rings (SSSR count). The van der Waals surface area contributed by atoms with E-state index in [-0.39, 0.29) is 48.9 Å². The van der Waals surface area contributed by atoms with Crippen molar-refractivity contribution >= 4 is 65.3 Å². The normalized spacial score (nSPS) is 15.4. The van der Waals surface area contributed by atoms with Crippen LogP contribution >= 0.6 is 0 Å². The predicted molar refractivity (Wildman–Crippen MR) is 229 cm³/mol. The highest BCUT2D eigenvalue weighted by Gasteiger charge is 2.23. The lowest BCUT2D eigenvalue weighted by molar-refractivity contribution is 0.669. The van der Waals surface area contributed by atoms with Gasteiger partial charge in [0, 0.05) is 49.3 Å². The summed E-state index contributed by atoms with van der Waals surface area (Å²) < 4.78 is 134. The van der Waals surface area contributed by atoms with Crippen LogP contribution in [0.3, 0.4) is 0 Å². The first-order chi connectivity index (χ1) is 33.6. The maximum atomic E-state index is 9.84. The van der Waals surface area contributed by atoms with E-state index in [0.29, 0.717) is 50.5 Å². The molecule has 0 fully saturated rings. The zero-order valence-electron chi connectivity index (χ0n) is 42.9. The molecule has 3 aromatic heterocycles. The van der Waals surface area contributed by atoms with Gasteiger partial charge in [0.05, 0.1) is 30.2 Å². The van der Waals surface area contributed by atoms with Gasteiger partial charge >= 0.3 is 0 Å². The first-order valence-corrected chi connectivity index (χ1v) is 17.7. The van der Waals surface area contributed by atoms with Crippen LogP contribution in [0.4, 0.5) is 0 Å². The first-order valence-electron chi connectivity index (χ1n) is 24.7. The highest BCUT2D eigenvalue weighted by Crippen LogP contribution is 2.47. The van der Waals surface area contributed by atoms with E-state index in [0.717, 1.165) is 15.7 Å². The molecule has 0 bridgehead atoms. The fourth-order valence-corrected chi connectivity index (χ4v) is 7.75. The maximum Gasteiger partial charge on any atom is 0.164 e. The Hall–Kier alpha value is -7.63. The first kappa shape index (κ1) is 20.2. The van der Waals surface area contributed by atoms with Crippen LogP contribution < -0.4 is 0 Å². The lowest BCUT2D eigenvalue weighted by Gasteiger charge is -2.13. The average molecular weight is 729 g/mol. The zero-order valence-corrected chi connectivity index (χ0v) is 28.9. The van der Waals surface area contributed by atoms with Crippen molar-refractivity contribution in [3.05, 3.63) is 182 Å². The number of aromatic nitrogens is 4. The van der Waals surface area contributed by atoms with Gasteiger partial charge in [-0.3, -0.25) is 0 Å². The minimum atomic E-state index is -0.722. The molecule has 5 nitrogen and oxygen atoms in total. The maximum absolute atomic E-state index is 9.84. The molecule has 3 heterocycles. The molecule has 0 saturated heterocycles. The van der Waals surface area contributed by atoms with E-state index in [1.54, 1.807) is 24.3 Å². The average Bonchev–Trinajstić information content (AvgIpc) is 3.93. The molecule has 260 valence electrons. The van der Waals surface area contributed by atoms with Gasteiger partial charge in [0.2, 0.25) is 0 Å². The van der Waals surface area contributed by atoms with Crippen LogP contribution in [0, 0.1) is 0 Å². The molecule has 0 aliphatic carbocycles. The van der Waals surface area contributed by atoms with Crippen LogP contribution in [0.1, 0.15) is 19.2 Å². The molecule has 9 aromatic carbocycles. The Kier molecular flexibility index (Phi) is 4.30. The van der Waals surface area contributed by atoms with Crippen LogP contribution in [0.25, 0.3) is 116 Å². The second kappa shape index (κ2) is 11.9. The molecular weight excluding hydrogens is 685 g/mol. The van der Waals surface area contributed by atoms with E-state index in [2.05, 4.69) is 0 Å². The number of hydrogen-bond donors (Lipinski definition) is 0. The minimum Gasteiger partial charge on any atom is -0.456 e. The van der Waals surface area contributed by atoms with Crippen molar-refractivity contribution < 1.29 is 23.6 Å². The summed E-state index contributed by atoms with van der Waals surface area (Å²) in [4.78, 5) is 14.6. The van der Waals surface area contributed by atoms with Gasteiger partial charge in [0.25, 0.3) is 0 Å². The summed E-state index contributed by atoms with van der Waals surface area (Å²) in [6.45, 7) is 0. The lowest BCUT2D eigenvalue weighted by Crippen LogP contribution is -2.00. The number of fused-ring (bicyclic) bond motifs is 6. The minimum absolute atomic E-state index is 0.00309. The van der Waals surface area contributed by atoms with Crippen molar-refractivity contribution in [2.75, 3.05) is 0 Å². The number of hydrogen-bond acceptors (Lipinski definition) is 4. The quantitative estimate of drug-likeness (QED) is 0.166. The van der Waals surface area contributed by atoms with E-state index in [1.807, 2.05) is 72.8 Å². The Labute approximate surface area is 340 Å². The third-order valence-electron chi connectivity index (χ3n) is 10.2. The number of rotatable bonds is 5. The van der Waals surface area contributed by atoms with Crippen LogP contribution in [0.2, 0.25) is 0 Å². The molecule has 5 heteroatoms. The Morgan fingerprint density at radius 3 is 1.66 bits per heavy atom. The van der Waals surface area contributed by atoms with Gasteiger partial charge in [-0.05, 0) is 81.8 Å². The van der Waals surface area contributed by atoms with E-state index < -0.39 is 90.3 Å². The van der Waals surface area contributed by atoms with E-state index in [1.165, 1.54) is 0 Å². The van der Waals surface area contributed by atoms with E-state index in [9.17, 15) is 8.22 Å². The molecular formula is C51H30N4O. The highest BCUT2D eigenvalue weighted by molar-refractivity contribution is 6.36. The summed E-state index contributed by atoms with van der Waals surface area (Å²) in [7, 11) is 0. The smallest absolute Gasteiger partial charge is 0.164 e. The molecule has 56 heavy (non-hydrogen) atoms. The molecule has 0 amide bonds. The van der Waals surface area contributed by atoms with Crippen LogP contribution in [-0.2, 0) is 0 Å². The van der Waals surface area contributed by atoms with Gasteiger partial charge in [0.1, 0.15) is 11.2 Å². The number of nitrogens with zero attached hydrogens (tertiary/aromatic N) is 4. The van der Waals surface area contributed by atoms with Gasteiger partial charge < -0.3 is 8.98 Å². The molecule has 0 aliphatic rings. The van der Waals surface area contributed by atoms with E-state index in [4.69, 9.17) is 30.3 Å². The molecule has 0 unspecified atom stereocenters. The van der Waals surface area contributed by atoms with Crippen molar-refractivity contribution in [2.45, 2.75) is 0 Å². The molecule has 0 atom stereocenters. The second-order valence-corrected chi connectivity index (χ2v) is 13.3. The van der Waals surface area contributed by atoms with Crippen LogP contribution in [0.5, 0.6) is 0 Å². The third kappa shape index (κ3) is 4.58. The zero-order chi connectivity index (χ0) is 48.9. The Balaban J connectivity index is 1.20. The van der Waals surface area contributed by atoms with Crippen molar-refractivity contribution in [3.63, 3.8) is 0 Å². The number of para-hydroxylation sites is 1. The van der Waals surface area contributed by atoms with Crippen molar-refractivity contribution in [3.8, 4) is 51.0 Å². The van der Waals surface area contributed by atoms with Gasteiger partial charge in [-0.15, -0.1) is 0 Å². The molecule has 0 N–H and O–H groups in total. The van der Waals surface area contributed by atoms with Crippen molar-refractivity contribution in [2.24, 2.45) is 0 Å². The monoisotopic (exact) mass is 728 g/mol. The van der Waals surface area contributed by atoms with Crippen molar-refractivity contribution in [1.29, 1.82) is 0 Å². The SMILES string of the molecule is [2H]c1c([2H])c([2H])c(-n2c3c([2H])c([2H])c([2H])c4c5c([2H])c([2H])c([2H])c([2H])c5c5c(-c6ccc7oc8ccc(-c9nc(-c%10ccccc%10)nc(-c%10ccccc%10)n9)cc8c7c6)c([2H])c([2H])c2c5c43)c([2H])c1[2H]. The summed E-state index contributed by atoms with van der Waals surface area (Å²) in [6, 6.07) is 21.0. The summed E-state index contributed by atoms with van der Waals surface area (Å²) in [5.41, 5.74) is 2.62. The number of benzene rings is 9. The summed E-state index contributed by atoms with van der Waals surface area (Å²) >= 11 is 0. The Morgan fingerprint density at radius 2 is 0.964 bits per heavy atom. The molecule has 0 radical (unpaired) electrons. The molecule has 12 aromatic rings. The van der Waals surface area contributed by atoms with Gasteiger partial charge in [-0.1, -0.05) is 127 Å². The molecule has 0 spiro atoms. The fraction of sp³-hybridized carbons (Fsp3) is 0. The highest BCUT2D eigenvalue weighted by atomic mass is 16.3. The van der Waals surface area contributed by atoms with Gasteiger partial charge in [0.15, 0.2) is 17.5 Å². The summed E-state index contributed by atoms with van der Waals surface area (Å²) in [5.74, 6) is 1.31. The van der Waals surface area contributed by atoms with E-state index >= 15 is 0 Å². The Bertz CT molecular complexity index is 4200. The van der Waals surface area contributed by atoms with Crippen molar-refractivity contribution in [1.82, 2.24) is 19.5 Å². The third-order valence-corrected chi connectivity index (χ3v) is 10.2. The predicted octanol–water partition coefficient (Wildman–Crippen LogP) is 13.3. The molecule has 0 aliphatic heterocycles. The summed E-state index contributed by atoms with van der Waals surface area (Å²) in [6.07, 6.45) is 0. The van der Waals surface area contributed by atoms with Gasteiger partial charge in [-0.25, -0.2) is 15.0 Å². The number of furan rings is 1. The second-order valence-electron chi connectivity index (χ2n) is 13.3. The summed E-state index contributed by atoms with van der Waals surface area (Å²) in [5, 5.41) is 0.824.